The number of aliphatic imine (C=N–C) groups is 1. The van der Waals surface area contributed by atoms with Crippen LogP contribution in [0.1, 0.15) is 12.1 Å². The Kier molecular flexibility index (Phi) is 7.62. The standard InChI is InChI=1S/C25H29FN10O/c26-19-4-8-36(15-19)24-17(12-27)11-18(13-31-24)21-3-5-29-25(33-21)32-20-1-2-22(30-14-20)34-23(37)16-35-9-6-28-7-10-35/h1-3,5,11,14,17,19,28H,4,6-10,13,15-16H2,(H,29,32,33)(H,30,34,37). The van der Waals surface area contributed by atoms with Gasteiger partial charge in [-0.25, -0.2) is 19.3 Å². The van der Waals surface area contributed by atoms with Crippen LogP contribution >= 0.6 is 0 Å². The second-order valence-corrected chi connectivity index (χ2v) is 9.20. The molecule has 2 fully saturated rings. The van der Waals surface area contributed by atoms with Crippen LogP contribution in [0.5, 0.6) is 0 Å². The van der Waals surface area contributed by atoms with Crippen molar-refractivity contribution in [1.82, 2.24) is 30.1 Å². The number of amidine groups is 1. The molecular weight excluding hydrogens is 475 g/mol. The first kappa shape index (κ1) is 24.7. The molecule has 0 aromatic carbocycles. The van der Waals surface area contributed by atoms with Gasteiger partial charge in [0, 0.05) is 38.9 Å². The van der Waals surface area contributed by atoms with Gasteiger partial charge in [-0.2, -0.15) is 5.26 Å². The Hall–Kier alpha value is -3.95. The summed E-state index contributed by atoms with van der Waals surface area (Å²) in [5, 5.41) is 18.9. The number of nitrogens with one attached hydrogen (secondary N) is 3. The molecule has 0 bridgehead atoms. The predicted molar refractivity (Wildman–Crippen MR) is 138 cm³/mol. The number of likely N-dealkylation sites (tertiary alicyclic amines) is 1. The molecule has 3 aliphatic heterocycles. The van der Waals surface area contributed by atoms with Crippen molar-refractivity contribution < 1.29 is 9.18 Å². The molecule has 3 aliphatic rings. The molecular formula is C25H29FN10O. The van der Waals surface area contributed by atoms with Gasteiger partial charge in [0.2, 0.25) is 11.9 Å². The Bertz CT molecular complexity index is 1220. The van der Waals surface area contributed by atoms with Gasteiger partial charge in [0.25, 0.3) is 0 Å². The lowest BCUT2D eigenvalue weighted by molar-refractivity contribution is -0.117. The molecule has 2 unspecified atom stereocenters. The molecule has 192 valence electrons. The van der Waals surface area contributed by atoms with Gasteiger partial charge in [-0.3, -0.25) is 14.7 Å². The number of nitrogens with zero attached hydrogens (tertiary/aromatic N) is 7. The Morgan fingerprint density at radius 2 is 2.08 bits per heavy atom. The van der Waals surface area contributed by atoms with E-state index in [9.17, 15) is 14.4 Å². The number of piperazine rings is 1. The number of hydrogen-bond donors (Lipinski definition) is 3. The van der Waals surface area contributed by atoms with Crippen LogP contribution in [0.15, 0.2) is 41.7 Å². The fraction of sp³-hybridized carbons (Fsp3) is 0.440. The van der Waals surface area contributed by atoms with E-state index in [-0.39, 0.29) is 12.5 Å². The van der Waals surface area contributed by atoms with Crippen LogP contribution in [0.3, 0.4) is 0 Å². The molecule has 3 N–H and O–H groups in total. The van der Waals surface area contributed by atoms with E-state index in [1.807, 2.05) is 11.0 Å². The van der Waals surface area contributed by atoms with Crippen LogP contribution in [0.4, 0.5) is 21.8 Å². The fourth-order valence-corrected chi connectivity index (χ4v) is 4.60. The zero-order valence-electron chi connectivity index (χ0n) is 20.4. The molecule has 5 heterocycles. The van der Waals surface area contributed by atoms with Crippen LogP contribution in [-0.2, 0) is 4.79 Å². The molecule has 37 heavy (non-hydrogen) atoms. The average Bonchev–Trinajstić information content (AvgIpc) is 3.36. The summed E-state index contributed by atoms with van der Waals surface area (Å²) in [6.07, 6.45) is 4.68. The van der Waals surface area contributed by atoms with Gasteiger partial charge < -0.3 is 20.9 Å². The van der Waals surface area contributed by atoms with E-state index in [0.29, 0.717) is 55.0 Å². The number of carbonyl (C=O) groups excluding carboxylic acids is 1. The Morgan fingerprint density at radius 1 is 1.22 bits per heavy atom. The van der Waals surface area contributed by atoms with E-state index in [4.69, 9.17) is 0 Å². The van der Waals surface area contributed by atoms with Crippen LogP contribution in [-0.4, -0.2) is 95.0 Å². The molecule has 0 spiro atoms. The second kappa shape index (κ2) is 11.4. The number of carbonyl (C=O) groups is 1. The summed E-state index contributed by atoms with van der Waals surface area (Å²) < 4.78 is 13.6. The molecule has 2 aromatic heterocycles. The van der Waals surface area contributed by atoms with Gasteiger partial charge in [-0.1, -0.05) is 6.08 Å². The molecule has 2 saturated heterocycles. The minimum atomic E-state index is -0.875. The number of alkyl halides is 1. The van der Waals surface area contributed by atoms with Crippen molar-refractivity contribution in [3.8, 4) is 6.07 Å². The van der Waals surface area contributed by atoms with Gasteiger partial charge in [0.05, 0.1) is 43.3 Å². The highest BCUT2D eigenvalue weighted by Crippen LogP contribution is 2.25. The van der Waals surface area contributed by atoms with Gasteiger partial charge in [-0.05, 0) is 30.2 Å². The summed E-state index contributed by atoms with van der Waals surface area (Å²) in [6, 6.07) is 7.55. The number of pyridine rings is 1. The molecule has 5 rings (SSSR count). The van der Waals surface area contributed by atoms with Gasteiger partial charge in [-0.15, -0.1) is 0 Å². The fourth-order valence-electron chi connectivity index (χ4n) is 4.60. The molecule has 0 radical (unpaired) electrons. The smallest absolute Gasteiger partial charge is 0.239 e. The van der Waals surface area contributed by atoms with Gasteiger partial charge in [0.1, 0.15) is 23.7 Å². The predicted octanol–water partition coefficient (Wildman–Crippen LogP) is 1.44. The first-order chi connectivity index (χ1) is 18.1. The zero-order chi connectivity index (χ0) is 25.6. The Labute approximate surface area is 214 Å². The normalized spacial score (nSPS) is 22.1. The third kappa shape index (κ3) is 6.25. The lowest BCUT2D eigenvalue weighted by atomic mass is 9.99. The molecule has 2 atom stereocenters. The lowest BCUT2D eigenvalue weighted by Crippen LogP contribution is -2.46. The quantitative estimate of drug-likeness (QED) is 0.534. The summed E-state index contributed by atoms with van der Waals surface area (Å²) in [7, 11) is 0. The molecule has 0 saturated carbocycles. The van der Waals surface area contributed by atoms with Crippen molar-refractivity contribution in [1.29, 1.82) is 5.26 Å². The van der Waals surface area contributed by atoms with E-state index in [2.05, 4.69) is 46.9 Å². The Balaban J connectivity index is 1.19. The third-order valence-corrected chi connectivity index (χ3v) is 6.50. The minimum Gasteiger partial charge on any atom is -0.356 e. The van der Waals surface area contributed by atoms with Gasteiger partial charge in [0.15, 0.2) is 0 Å². The highest BCUT2D eigenvalue weighted by atomic mass is 19.1. The number of rotatable bonds is 6. The maximum absolute atomic E-state index is 13.6. The zero-order valence-corrected chi connectivity index (χ0v) is 20.4. The number of amides is 1. The van der Waals surface area contributed by atoms with Crippen molar-refractivity contribution in [2.75, 3.05) is 63.0 Å². The molecule has 11 nitrogen and oxygen atoms in total. The summed E-state index contributed by atoms with van der Waals surface area (Å²) in [5.74, 6) is 0.839. The van der Waals surface area contributed by atoms with Crippen molar-refractivity contribution in [2.24, 2.45) is 10.9 Å². The number of dihydropyridines is 1. The largest absolute Gasteiger partial charge is 0.356 e. The van der Waals surface area contributed by atoms with E-state index < -0.39 is 12.1 Å². The van der Waals surface area contributed by atoms with Crippen molar-refractivity contribution >= 4 is 34.8 Å². The topological polar surface area (TPSA) is 134 Å². The first-order valence-electron chi connectivity index (χ1n) is 12.4. The molecule has 1 amide bonds. The monoisotopic (exact) mass is 504 g/mol. The number of anilines is 3. The summed E-state index contributed by atoms with van der Waals surface area (Å²) in [5.41, 5.74) is 2.15. The maximum atomic E-state index is 13.6. The molecule has 2 aromatic rings. The summed E-state index contributed by atoms with van der Waals surface area (Å²) >= 11 is 0. The van der Waals surface area contributed by atoms with Crippen LogP contribution in [0, 0.1) is 17.2 Å². The van der Waals surface area contributed by atoms with E-state index in [1.54, 1.807) is 30.6 Å². The van der Waals surface area contributed by atoms with Crippen molar-refractivity contribution in [2.45, 2.75) is 12.6 Å². The van der Waals surface area contributed by atoms with Crippen LogP contribution in [0.25, 0.3) is 5.57 Å². The number of hydrogen-bond acceptors (Lipinski definition) is 10. The second-order valence-electron chi connectivity index (χ2n) is 9.20. The van der Waals surface area contributed by atoms with E-state index >= 15 is 0 Å². The molecule has 0 aliphatic carbocycles. The highest BCUT2D eigenvalue weighted by Gasteiger charge is 2.30. The third-order valence-electron chi connectivity index (χ3n) is 6.50. The van der Waals surface area contributed by atoms with Crippen LogP contribution < -0.4 is 16.0 Å². The Morgan fingerprint density at radius 3 is 2.81 bits per heavy atom. The first-order valence-corrected chi connectivity index (χ1v) is 12.4. The highest BCUT2D eigenvalue weighted by molar-refractivity contribution is 5.93. The average molecular weight is 505 g/mol. The van der Waals surface area contributed by atoms with E-state index in [1.165, 1.54) is 0 Å². The number of aromatic nitrogens is 3. The SMILES string of the molecule is N#CC1C=C(c2ccnc(Nc3ccc(NC(=O)CN4CCNCC4)nc3)n2)CN=C1N1CCC(F)C1. The van der Waals surface area contributed by atoms with Crippen LogP contribution in [0.2, 0.25) is 0 Å². The summed E-state index contributed by atoms with van der Waals surface area (Å²) in [6.45, 7) is 5.04. The maximum Gasteiger partial charge on any atom is 0.239 e. The number of halogens is 1. The lowest BCUT2D eigenvalue weighted by Gasteiger charge is -2.26. The van der Waals surface area contributed by atoms with Crippen molar-refractivity contribution in [3.63, 3.8) is 0 Å². The minimum absolute atomic E-state index is 0.0948. The molecule has 12 heteroatoms. The van der Waals surface area contributed by atoms with Crippen molar-refractivity contribution in [3.05, 3.63) is 42.4 Å². The number of nitriles is 1. The summed E-state index contributed by atoms with van der Waals surface area (Å²) in [4.78, 5) is 34.0. The van der Waals surface area contributed by atoms with E-state index in [0.717, 1.165) is 31.8 Å². The van der Waals surface area contributed by atoms with Gasteiger partial charge >= 0.3 is 0 Å².